The third kappa shape index (κ3) is 5.35. The van der Waals surface area contributed by atoms with Gasteiger partial charge in [0.05, 0.1) is 27.5 Å². The average molecular weight is 388 g/mol. The van der Waals surface area contributed by atoms with Gasteiger partial charge in [-0.3, -0.25) is 4.79 Å². The summed E-state index contributed by atoms with van der Waals surface area (Å²) in [5, 5.41) is 10.2. The number of nitrogens with two attached hydrogens (primary N) is 1. The molecular weight excluding hydrogens is 377 g/mol. The summed E-state index contributed by atoms with van der Waals surface area (Å²) in [4.78, 5) is 20.7. The van der Waals surface area contributed by atoms with Crippen molar-refractivity contribution < 1.29 is 36.3 Å². The van der Waals surface area contributed by atoms with Gasteiger partial charge in [-0.25, -0.2) is 13.1 Å². The number of benzene rings is 1. The predicted molar refractivity (Wildman–Crippen MR) is 74.0 cm³/mol. The van der Waals surface area contributed by atoms with Gasteiger partial charge in [0.25, 0.3) is 0 Å². The summed E-state index contributed by atoms with van der Waals surface area (Å²) in [6.45, 7) is 0. The van der Waals surface area contributed by atoms with Gasteiger partial charge in [-0.2, -0.15) is 13.2 Å². The Morgan fingerprint density at radius 1 is 1.33 bits per heavy atom. The minimum Gasteiger partial charge on any atom is -0.548 e. The topological polar surface area (TPSA) is 129 Å². The number of aliphatic carboxylic acids is 1. The highest BCUT2D eigenvalue weighted by Crippen LogP contribution is 2.35. The number of halogens is 4. The molecule has 134 valence electrons. The molecule has 0 bridgehead atoms. The minimum atomic E-state index is -4.90. The lowest BCUT2D eigenvalue weighted by Crippen LogP contribution is -2.48. The number of amides is 1. The number of carbonyl (C=O) groups is 2. The SMILES string of the molecule is NC(=O)CC[C@H](NS(=O)(=O)c1ccc(Cl)c(C(F)(F)F)c1)C(=O)[O-]. The van der Waals surface area contributed by atoms with Crippen molar-refractivity contribution in [2.45, 2.75) is 30.0 Å². The van der Waals surface area contributed by atoms with Crippen molar-refractivity contribution in [3.63, 3.8) is 0 Å². The highest BCUT2D eigenvalue weighted by molar-refractivity contribution is 7.89. The first-order valence-electron chi connectivity index (χ1n) is 6.23. The maximum Gasteiger partial charge on any atom is 0.417 e. The van der Waals surface area contributed by atoms with Crippen molar-refractivity contribution in [3.8, 4) is 0 Å². The van der Waals surface area contributed by atoms with E-state index in [-0.39, 0.29) is 6.07 Å². The van der Waals surface area contributed by atoms with Crippen LogP contribution in [0.25, 0.3) is 0 Å². The molecule has 3 N–H and O–H groups in total. The molecule has 0 aromatic heterocycles. The monoisotopic (exact) mass is 387 g/mol. The smallest absolute Gasteiger partial charge is 0.417 e. The van der Waals surface area contributed by atoms with E-state index in [0.717, 1.165) is 12.1 Å². The standard InChI is InChI=1S/C12H12ClF3N2O5S/c13-8-2-1-6(5-7(8)12(14,15)16)24(22,23)18-9(11(20)21)3-4-10(17)19/h1-2,5,9,18H,3-4H2,(H2,17,19)(H,20,21)/p-1/t9-/m0/s1. The zero-order valence-corrected chi connectivity index (χ0v) is 13.3. The number of nitrogens with one attached hydrogen (secondary N) is 1. The van der Waals surface area contributed by atoms with Crippen LogP contribution in [-0.2, 0) is 25.8 Å². The zero-order chi connectivity index (χ0) is 18.7. The summed E-state index contributed by atoms with van der Waals surface area (Å²) in [5.74, 6) is -2.74. The Morgan fingerprint density at radius 2 is 1.92 bits per heavy atom. The molecule has 1 aromatic rings. The minimum absolute atomic E-state index is 0.269. The van der Waals surface area contributed by atoms with E-state index in [1.807, 2.05) is 0 Å². The van der Waals surface area contributed by atoms with E-state index in [9.17, 15) is 36.3 Å². The first-order valence-corrected chi connectivity index (χ1v) is 8.09. The number of alkyl halides is 3. The number of primary amides is 1. The lowest BCUT2D eigenvalue weighted by molar-refractivity contribution is -0.308. The molecule has 1 atom stereocenters. The molecule has 12 heteroatoms. The summed E-state index contributed by atoms with van der Waals surface area (Å²) in [6, 6.07) is -0.0746. The zero-order valence-electron chi connectivity index (χ0n) is 11.8. The van der Waals surface area contributed by atoms with Gasteiger partial charge in [0, 0.05) is 6.42 Å². The number of carboxylic acids is 1. The summed E-state index contributed by atoms with van der Waals surface area (Å²) in [5.41, 5.74) is 3.44. The van der Waals surface area contributed by atoms with E-state index < -0.39 is 62.4 Å². The van der Waals surface area contributed by atoms with E-state index in [2.05, 4.69) is 0 Å². The van der Waals surface area contributed by atoms with Crippen LogP contribution < -0.4 is 15.6 Å². The maximum atomic E-state index is 12.8. The van der Waals surface area contributed by atoms with Crippen molar-refractivity contribution in [1.29, 1.82) is 0 Å². The molecule has 0 unspecified atom stereocenters. The second-order valence-electron chi connectivity index (χ2n) is 4.64. The quantitative estimate of drug-likeness (QED) is 0.681. The molecule has 0 fully saturated rings. The number of carboxylic acid groups (broad SMARTS) is 1. The van der Waals surface area contributed by atoms with Crippen molar-refractivity contribution in [2.24, 2.45) is 5.73 Å². The molecular formula is C12H11ClF3N2O5S-. The summed E-state index contributed by atoms with van der Waals surface area (Å²) in [7, 11) is -4.63. The molecule has 0 aliphatic carbocycles. The van der Waals surface area contributed by atoms with Crippen molar-refractivity contribution in [3.05, 3.63) is 28.8 Å². The maximum absolute atomic E-state index is 12.8. The first kappa shape index (κ1) is 20.2. The molecule has 0 saturated heterocycles. The van der Waals surface area contributed by atoms with Crippen LogP contribution >= 0.6 is 11.6 Å². The van der Waals surface area contributed by atoms with Crippen LogP contribution in [0.4, 0.5) is 13.2 Å². The van der Waals surface area contributed by atoms with Crippen LogP contribution in [0.3, 0.4) is 0 Å². The van der Waals surface area contributed by atoms with Gasteiger partial charge in [0.15, 0.2) is 0 Å². The molecule has 0 heterocycles. The third-order valence-corrected chi connectivity index (χ3v) is 4.61. The fraction of sp³-hybridized carbons (Fsp3) is 0.333. The lowest BCUT2D eigenvalue weighted by atomic mass is 10.2. The van der Waals surface area contributed by atoms with Gasteiger partial charge >= 0.3 is 6.18 Å². The van der Waals surface area contributed by atoms with Crippen molar-refractivity contribution in [1.82, 2.24) is 4.72 Å². The largest absolute Gasteiger partial charge is 0.548 e. The molecule has 0 spiro atoms. The first-order chi connectivity index (χ1) is 10.8. The fourth-order valence-electron chi connectivity index (χ4n) is 1.66. The number of carbonyl (C=O) groups excluding carboxylic acids is 2. The second-order valence-corrected chi connectivity index (χ2v) is 6.76. The van der Waals surface area contributed by atoms with Crippen molar-refractivity contribution in [2.75, 3.05) is 0 Å². The normalized spacial score (nSPS) is 13.5. The van der Waals surface area contributed by atoms with Crippen LogP contribution in [0.5, 0.6) is 0 Å². The predicted octanol–water partition coefficient (Wildman–Crippen LogP) is 0.0211. The van der Waals surface area contributed by atoms with Gasteiger partial charge in [-0.05, 0) is 24.6 Å². The fourth-order valence-corrected chi connectivity index (χ4v) is 3.13. The van der Waals surface area contributed by atoms with Crippen molar-refractivity contribution >= 4 is 33.5 Å². The van der Waals surface area contributed by atoms with E-state index in [1.54, 1.807) is 4.72 Å². The molecule has 24 heavy (non-hydrogen) atoms. The Morgan fingerprint density at radius 3 is 2.38 bits per heavy atom. The van der Waals surface area contributed by atoms with Gasteiger partial charge in [0.1, 0.15) is 0 Å². The van der Waals surface area contributed by atoms with E-state index in [1.165, 1.54) is 0 Å². The van der Waals surface area contributed by atoms with Crippen LogP contribution in [-0.4, -0.2) is 26.3 Å². The van der Waals surface area contributed by atoms with E-state index >= 15 is 0 Å². The molecule has 0 radical (unpaired) electrons. The highest BCUT2D eigenvalue weighted by atomic mass is 35.5. The molecule has 1 aromatic carbocycles. The second kappa shape index (κ2) is 7.36. The van der Waals surface area contributed by atoms with Crippen LogP contribution in [0.2, 0.25) is 5.02 Å². The number of sulfonamides is 1. The Kier molecular flexibility index (Phi) is 6.20. The summed E-state index contributed by atoms with van der Waals surface area (Å²) < 4.78 is 64.0. The van der Waals surface area contributed by atoms with Gasteiger partial charge < -0.3 is 15.6 Å². The van der Waals surface area contributed by atoms with E-state index in [0.29, 0.717) is 0 Å². The summed E-state index contributed by atoms with van der Waals surface area (Å²) >= 11 is 5.38. The van der Waals surface area contributed by atoms with Crippen LogP contribution in [0.1, 0.15) is 18.4 Å². The number of hydrogen-bond acceptors (Lipinski definition) is 5. The Labute approximate surface area is 139 Å². The Balaban J connectivity index is 3.15. The molecule has 1 rings (SSSR count). The lowest BCUT2D eigenvalue weighted by Gasteiger charge is -2.19. The molecule has 0 aliphatic rings. The Bertz CT molecular complexity index is 752. The van der Waals surface area contributed by atoms with E-state index in [4.69, 9.17) is 17.3 Å². The summed E-state index contributed by atoms with van der Waals surface area (Å²) in [6.07, 6.45) is -5.88. The average Bonchev–Trinajstić information content (AvgIpc) is 2.41. The van der Waals surface area contributed by atoms with Crippen LogP contribution in [0, 0.1) is 0 Å². The van der Waals surface area contributed by atoms with Gasteiger partial charge in [-0.1, -0.05) is 11.6 Å². The Hall–Kier alpha value is -1.85. The third-order valence-electron chi connectivity index (χ3n) is 2.81. The number of hydrogen-bond donors (Lipinski definition) is 2. The van der Waals surface area contributed by atoms with Gasteiger partial charge in [0.2, 0.25) is 15.9 Å². The molecule has 1 amide bonds. The number of rotatable bonds is 7. The molecule has 7 nitrogen and oxygen atoms in total. The highest BCUT2D eigenvalue weighted by Gasteiger charge is 2.34. The molecule has 0 saturated carbocycles. The molecule has 0 aliphatic heterocycles. The van der Waals surface area contributed by atoms with Gasteiger partial charge in [-0.15, -0.1) is 0 Å². The van der Waals surface area contributed by atoms with Crippen LogP contribution in [0.15, 0.2) is 23.1 Å².